The molecule has 8 amide bonds. The Bertz CT molecular complexity index is 5050. The Morgan fingerprint density at radius 1 is 0.402 bits per heavy atom. The summed E-state index contributed by atoms with van der Waals surface area (Å²) < 4.78 is 191. The van der Waals surface area contributed by atoms with Crippen LogP contribution in [0, 0.1) is 106 Å². The number of likely N-dealkylation sites (N-methyl/N-ethyl adjacent to an activating group) is 1. The number of rotatable bonds is 15. The van der Waals surface area contributed by atoms with E-state index in [1.54, 1.807) is 0 Å². The van der Waals surface area contributed by atoms with Gasteiger partial charge in [0, 0.05) is 67.5 Å². The zero-order valence-electron chi connectivity index (χ0n) is 67.6. The molecule has 18 atom stereocenters. The summed E-state index contributed by atoms with van der Waals surface area (Å²) in [5.41, 5.74) is -4.88. The summed E-state index contributed by atoms with van der Waals surface area (Å²) in [4.78, 5) is 178. The first-order chi connectivity index (χ1) is 59.8. The molecule has 6 aromatic rings. The first-order valence-electron chi connectivity index (χ1n) is 39.1. The van der Waals surface area contributed by atoms with Crippen molar-refractivity contribution in [3.05, 3.63) is 159 Å². The molecule has 6 fully saturated rings. The number of ether oxygens (including phenoxy) is 4. The van der Waals surface area contributed by atoms with E-state index in [-0.39, 0.29) is 11.8 Å². The number of hydrogen-bond donors (Lipinski definition) is 13. The standard InChI is InChI=1S/C27H29F4N5O7.C26H27F4N5O7.C26H26F4N4O8/c1-10-21(38)14(9-13-16(28)17(29)23(31)35-22(13)30)33-24(39)18(34-25(40)19-15(37)5-4-8-32-19)11(2)43-27(42)20(12-6-7-12)36(3)26(10)41;1-9-20(37)13(8-12-15(27)16(28)22(30)35-21(12)29)32-24(39)17(33-25(40)19-14(36)4-3-7-31-19)10(2)42-26(41)18(11-5-6-11)34-23(9)38;1-9-19(36)13(8-12-15(27)16(28)22(30)34-21(12)29)32-23(37)17(33-24(38)18-14(35)4-3-7-31-18)10(2)41-26(40)20(11-5-6-11)42-25(9)39/h4-5,8,10-12,14,18,20-21,37-38H,6-7,9H2,1-3H3,(H,33,39)(H,34,40);3-4,7,9-11,13,17-18,20,36-37H,5-6,8H2,1-2H3,(H,32,39)(H,33,40)(H,34,38);3-4,7,9-11,13,17,19-20,35-36H,5-6,8H2,1-2H3,(H,32,37)(H,33,38)/t10-,11-,14+,18+,20?,21+;9-,10-,13+,17+,18?,20+;9-,10-,13+,17+,19+,20?/m111/s1. The lowest BCUT2D eigenvalue weighted by Gasteiger charge is -2.36. The lowest BCUT2D eigenvalue weighted by atomic mass is 9.90. The van der Waals surface area contributed by atoms with Gasteiger partial charge in [0.2, 0.25) is 70.9 Å². The zero-order chi connectivity index (χ0) is 93.5. The molecule has 13 N–H and O–H groups in total. The van der Waals surface area contributed by atoms with Gasteiger partial charge in [-0.25, -0.2) is 42.5 Å². The fourth-order valence-corrected chi connectivity index (χ4v) is 13.9. The summed E-state index contributed by atoms with van der Waals surface area (Å²) in [6.45, 7) is 7.31. The first kappa shape index (κ1) is 96.2. The van der Waals surface area contributed by atoms with E-state index in [9.17, 15) is 141 Å². The molecule has 3 saturated carbocycles. The average Bonchev–Trinajstić information content (AvgIpc) is 1.76. The Morgan fingerprint density at radius 3 is 1.06 bits per heavy atom. The highest BCUT2D eigenvalue weighted by Crippen LogP contribution is 2.39. The number of cyclic esters (lactones) is 4. The van der Waals surface area contributed by atoms with Crippen molar-refractivity contribution in [2.75, 3.05) is 7.05 Å². The van der Waals surface area contributed by atoms with E-state index in [1.807, 2.05) is 0 Å². The first-order valence-corrected chi connectivity index (χ1v) is 39.1. The average molecular weight is 1810 g/mol. The molecule has 0 aromatic carbocycles. The van der Waals surface area contributed by atoms with Gasteiger partial charge in [-0.3, -0.25) is 43.2 Å². The molecule has 127 heavy (non-hydrogen) atoms. The van der Waals surface area contributed by atoms with E-state index in [1.165, 1.54) is 78.5 Å². The van der Waals surface area contributed by atoms with E-state index in [0.29, 0.717) is 38.5 Å². The largest absolute Gasteiger partial charge is 0.505 e. The number of aromatic hydroxyl groups is 3. The van der Waals surface area contributed by atoms with Gasteiger partial charge < -0.3 is 91.7 Å². The van der Waals surface area contributed by atoms with E-state index in [4.69, 9.17) is 18.9 Å². The third-order valence-electron chi connectivity index (χ3n) is 21.7. The second kappa shape index (κ2) is 40.5. The molecule has 0 bridgehead atoms. The van der Waals surface area contributed by atoms with Gasteiger partial charge in [-0.05, 0) is 114 Å². The normalized spacial score (nSPS) is 27.1. The fourth-order valence-electron chi connectivity index (χ4n) is 13.9. The molecule has 3 unspecified atom stereocenters. The monoisotopic (exact) mass is 1810 g/mol. The number of pyridine rings is 6. The number of amides is 8. The highest BCUT2D eigenvalue weighted by atomic mass is 19.2. The van der Waals surface area contributed by atoms with Gasteiger partial charge in [0.05, 0.1) is 54.2 Å². The van der Waals surface area contributed by atoms with Gasteiger partial charge in [0.25, 0.3) is 35.6 Å². The third kappa shape index (κ3) is 22.4. The number of aliphatic hydroxyl groups is 3. The SMILES string of the molecule is C[C@H]1OC(=O)C(C2CC2)N(C)C(=O)[C@H](C)[C@H](O)[C@H](Cc2c(F)nc(F)c(F)c2F)NC(=O)[C@H]1NC(=O)c1ncccc1O.C[C@H]1OC(=O)C(C2CC2)NC(=O)[C@H](C)[C@H](O)[C@H](Cc2c(F)nc(F)c(F)c2F)NC(=O)[C@H]1NC(=O)c1ncccc1O.C[C@H]1OC(=O)C(C2CC2)OC(=O)[C@H](C)[C@H](O)[C@H](Cc2c(F)nc(F)c(F)c2F)NC(=O)[C@H]1NC(=O)c1ncccc1O. The van der Waals surface area contributed by atoms with Crippen LogP contribution in [-0.4, -0.2) is 235 Å². The van der Waals surface area contributed by atoms with Crippen LogP contribution in [0.25, 0.3) is 0 Å². The summed E-state index contributed by atoms with van der Waals surface area (Å²) in [5.74, 6) is -42.9. The number of aromatic nitrogens is 6. The van der Waals surface area contributed by atoms with Crippen LogP contribution < -0.4 is 37.2 Å². The molecular formula is C79H82F12N14O22. The van der Waals surface area contributed by atoms with Gasteiger partial charge in [-0.15, -0.1) is 0 Å². The van der Waals surface area contributed by atoms with Crippen LogP contribution in [-0.2, 0) is 81.4 Å². The quantitative estimate of drug-likeness (QED) is 0.0302. The molecule has 36 nitrogen and oxygen atoms in total. The number of nitrogens with zero attached hydrogens (tertiary/aromatic N) is 7. The maximum atomic E-state index is 14.6. The second-order valence-corrected chi connectivity index (χ2v) is 30.8. The molecule has 6 aliphatic rings. The Hall–Kier alpha value is -13.0. The summed E-state index contributed by atoms with van der Waals surface area (Å²) in [6.07, 6.45) is -7.70. The minimum absolute atomic E-state index is 0.291. The maximum absolute atomic E-state index is 14.6. The van der Waals surface area contributed by atoms with Crippen molar-refractivity contribution in [3.63, 3.8) is 0 Å². The van der Waals surface area contributed by atoms with E-state index in [2.05, 4.69) is 67.1 Å². The number of esters is 4. The van der Waals surface area contributed by atoms with Crippen LogP contribution in [0.5, 0.6) is 17.2 Å². The van der Waals surface area contributed by atoms with Crippen molar-refractivity contribution >= 4 is 71.1 Å². The van der Waals surface area contributed by atoms with Crippen molar-refractivity contribution in [3.8, 4) is 17.2 Å². The van der Waals surface area contributed by atoms with Crippen LogP contribution in [0.4, 0.5) is 52.7 Å². The lowest BCUT2D eigenvalue weighted by molar-refractivity contribution is -0.178. The molecule has 3 aliphatic heterocycles. The van der Waals surface area contributed by atoms with E-state index >= 15 is 0 Å². The number of hydrogen-bond acceptors (Lipinski definition) is 28. The second-order valence-electron chi connectivity index (χ2n) is 30.8. The van der Waals surface area contributed by atoms with Gasteiger partial charge >= 0.3 is 23.9 Å². The summed E-state index contributed by atoms with van der Waals surface area (Å²) >= 11 is 0. The van der Waals surface area contributed by atoms with Crippen LogP contribution in [0.3, 0.4) is 0 Å². The Balaban J connectivity index is 0.000000199. The van der Waals surface area contributed by atoms with Crippen molar-refractivity contribution < 1.29 is 160 Å². The predicted octanol–water partition coefficient (Wildman–Crippen LogP) is 1.97. The van der Waals surface area contributed by atoms with E-state index in [0.717, 1.165) is 30.0 Å². The summed E-state index contributed by atoms with van der Waals surface area (Å²) in [7, 11) is 1.31. The Labute approximate surface area is 710 Å². The molecule has 3 saturated heterocycles. The number of halogens is 12. The molecule has 6 aromatic heterocycles. The van der Waals surface area contributed by atoms with Crippen molar-refractivity contribution in [1.82, 2.24) is 72.0 Å². The van der Waals surface area contributed by atoms with E-state index < -0.39 is 327 Å². The third-order valence-corrected chi connectivity index (χ3v) is 21.7. The molecule has 684 valence electrons. The van der Waals surface area contributed by atoms with Gasteiger partial charge in [-0.1, -0.05) is 13.8 Å². The summed E-state index contributed by atoms with van der Waals surface area (Å²) in [6, 6.07) is -5.30. The van der Waals surface area contributed by atoms with Crippen LogP contribution in [0.2, 0.25) is 0 Å². The van der Waals surface area contributed by atoms with Crippen molar-refractivity contribution in [1.29, 1.82) is 0 Å². The molecule has 0 radical (unpaired) electrons. The van der Waals surface area contributed by atoms with Gasteiger partial charge in [0.15, 0.2) is 34.5 Å². The predicted molar refractivity (Wildman–Crippen MR) is 399 cm³/mol. The van der Waals surface area contributed by atoms with Crippen LogP contribution >= 0.6 is 0 Å². The number of carbonyl (C=O) groups is 12. The summed E-state index contributed by atoms with van der Waals surface area (Å²) in [5, 5.41) is 79.4. The van der Waals surface area contributed by atoms with Crippen molar-refractivity contribution in [2.24, 2.45) is 35.5 Å². The highest BCUT2D eigenvalue weighted by molar-refractivity contribution is 6.01. The lowest BCUT2D eigenvalue weighted by Crippen LogP contribution is -2.61. The number of nitrogens with one attached hydrogen (secondary N) is 7. The minimum Gasteiger partial charge on any atom is -0.505 e. The number of aliphatic hydroxyl groups excluding tert-OH is 3. The Kier molecular flexibility index (Phi) is 30.7. The van der Waals surface area contributed by atoms with Crippen LogP contribution in [0.15, 0.2) is 55.0 Å². The molecular weight excluding hydrogens is 1720 g/mol. The fraction of sp³-hybridized carbons (Fsp3) is 0.468. The molecule has 12 rings (SSSR count). The molecule has 48 heteroatoms. The van der Waals surface area contributed by atoms with Gasteiger partial charge in [-0.2, -0.15) is 54.5 Å². The Morgan fingerprint density at radius 2 is 0.724 bits per heavy atom. The zero-order valence-corrected chi connectivity index (χ0v) is 67.6. The topological polar surface area (TPSA) is 528 Å². The molecule has 0 spiro atoms. The highest BCUT2D eigenvalue weighted by Gasteiger charge is 2.51. The minimum atomic E-state index is -2.11. The van der Waals surface area contributed by atoms with Crippen LogP contribution in [0.1, 0.15) is 128 Å². The molecule has 9 heterocycles. The number of carbonyl (C=O) groups excluding carboxylic acids is 12. The maximum Gasteiger partial charge on any atom is 0.348 e. The molecule has 3 aliphatic carbocycles. The van der Waals surface area contributed by atoms with Crippen molar-refractivity contribution in [2.45, 2.75) is 190 Å². The van der Waals surface area contributed by atoms with Gasteiger partial charge in [0.1, 0.15) is 65.8 Å². The smallest absolute Gasteiger partial charge is 0.348 e.